The third-order valence-corrected chi connectivity index (χ3v) is 10.8. The second-order valence-electron chi connectivity index (χ2n) is 14.9. The fourth-order valence-electron chi connectivity index (χ4n) is 8.28. The highest BCUT2D eigenvalue weighted by atomic mass is 16.4. The van der Waals surface area contributed by atoms with Crippen LogP contribution >= 0.6 is 0 Å². The number of rotatable bonds is 12. The van der Waals surface area contributed by atoms with Gasteiger partial charge in [0.15, 0.2) is 0 Å². The van der Waals surface area contributed by atoms with E-state index in [1.165, 1.54) is 36.4 Å². The maximum atomic E-state index is 12.0. The molecule has 0 fully saturated rings. The van der Waals surface area contributed by atoms with Gasteiger partial charge in [-0.15, -0.1) is 0 Å². The summed E-state index contributed by atoms with van der Waals surface area (Å²) in [6.07, 6.45) is 1.23. The van der Waals surface area contributed by atoms with E-state index < -0.39 is 30.6 Å². The van der Waals surface area contributed by atoms with Gasteiger partial charge in [-0.25, -0.2) is 19.2 Å². The number of aryl methyl sites for hydroxylation is 6. The minimum Gasteiger partial charge on any atom is -0.478 e. The number of aldehydes is 2. The van der Waals surface area contributed by atoms with Gasteiger partial charge in [-0.2, -0.15) is 0 Å². The van der Waals surface area contributed by atoms with Crippen LogP contribution in [0.4, 0.5) is 0 Å². The third kappa shape index (κ3) is 11.6. The lowest BCUT2D eigenvalue weighted by Crippen LogP contribution is -2.57. The van der Waals surface area contributed by atoms with E-state index in [2.05, 4.69) is 0 Å². The topological polar surface area (TPSA) is 224 Å². The molecule has 0 radical (unpaired) electrons. The zero-order valence-corrected chi connectivity index (χ0v) is 38.0. The lowest BCUT2D eigenvalue weighted by molar-refractivity contribution is 0.0680. The molecule has 0 aliphatic rings. The summed E-state index contributed by atoms with van der Waals surface area (Å²) in [5, 5.41) is 53.1. The highest BCUT2D eigenvalue weighted by molar-refractivity contribution is 6.97. The molecule has 0 saturated carbocycles. The second-order valence-corrected chi connectivity index (χ2v) is 14.9. The number of aliphatic hydroxyl groups excluding tert-OH is 2. The van der Waals surface area contributed by atoms with E-state index in [-0.39, 0.29) is 33.4 Å². The van der Waals surface area contributed by atoms with Gasteiger partial charge in [-0.1, -0.05) is 100 Å². The summed E-state index contributed by atoms with van der Waals surface area (Å²) in [6, 6.07) is 24.7. The van der Waals surface area contributed by atoms with E-state index in [4.69, 9.17) is 10.2 Å². The molecule has 0 aromatic heterocycles. The molecular weight excluding hydrogens is 827 g/mol. The molecule has 0 amide bonds. The number of aromatic carboxylic acids is 4. The highest BCUT2D eigenvalue weighted by Gasteiger charge is 2.32. The van der Waals surface area contributed by atoms with Crippen LogP contribution in [0.3, 0.4) is 0 Å². The Morgan fingerprint density at radius 2 is 0.554 bits per heavy atom. The summed E-state index contributed by atoms with van der Waals surface area (Å²) in [5.41, 5.74) is 11.9. The van der Waals surface area contributed by atoms with Crippen molar-refractivity contribution in [1.29, 1.82) is 0 Å². The van der Waals surface area contributed by atoms with Crippen LogP contribution in [0.15, 0.2) is 91.0 Å². The van der Waals surface area contributed by atoms with E-state index >= 15 is 0 Å². The van der Waals surface area contributed by atoms with Crippen molar-refractivity contribution >= 4 is 59.6 Å². The van der Waals surface area contributed by atoms with Crippen LogP contribution in [-0.2, 0) is 0 Å². The van der Waals surface area contributed by atoms with Crippen molar-refractivity contribution in [2.75, 3.05) is 14.2 Å². The van der Waals surface area contributed by atoms with Crippen LogP contribution in [0.5, 0.6) is 0 Å². The van der Waals surface area contributed by atoms with Gasteiger partial charge in [0.1, 0.15) is 12.6 Å². The molecule has 6 aromatic rings. The van der Waals surface area contributed by atoms with E-state index in [0.29, 0.717) is 34.8 Å². The highest BCUT2D eigenvalue weighted by Crippen LogP contribution is 2.29. The molecule has 6 rings (SSSR count). The van der Waals surface area contributed by atoms with Crippen molar-refractivity contribution < 1.29 is 59.4 Å². The molecule has 336 valence electrons. The average molecular weight is 881 g/mol. The van der Waals surface area contributed by atoms with Gasteiger partial charge in [0.05, 0.1) is 22.3 Å². The molecule has 0 bridgehead atoms. The van der Waals surface area contributed by atoms with Crippen molar-refractivity contribution in [1.82, 2.24) is 0 Å². The Balaban J connectivity index is 0.00000179. The normalized spacial score (nSPS) is 10.2. The standard InChI is InChI=1S/C48H39BO10.C2H6.2CH4O/c1-24-7-32(35-13-30(22-50)15-38(17-35)45(52)53)8-25(2)42(24)49(43-26(3)9-33(10-27(43)4)36-14-31(23-51)16-39(18-36)46(54)55)44-28(5)11-34(12-29(44)6)37-19-40(47(56)57)21-41(20-37)48(58)59;3*1-2/h7-23H,1-6H3,(H,52,53)(H,54,55)(H,56,57)(H,58,59);1-2H3;2*2H,1H3. The predicted molar refractivity (Wildman–Crippen MR) is 255 cm³/mol. The van der Waals surface area contributed by atoms with E-state index in [1.54, 1.807) is 12.1 Å². The first-order valence-electron chi connectivity index (χ1n) is 20.4. The first-order chi connectivity index (χ1) is 30.9. The summed E-state index contributed by atoms with van der Waals surface area (Å²) < 4.78 is 0. The van der Waals surface area contributed by atoms with Crippen molar-refractivity contribution in [2.45, 2.75) is 55.4 Å². The van der Waals surface area contributed by atoms with Crippen molar-refractivity contribution in [3.63, 3.8) is 0 Å². The average Bonchev–Trinajstić information content (AvgIpc) is 3.29. The Morgan fingerprint density at radius 3 is 0.769 bits per heavy atom. The largest absolute Gasteiger partial charge is 0.478 e. The molecule has 65 heavy (non-hydrogen) atoms. The number of hydrogen-bond donors (Lipinski definition) is 6. The molecule has 0 saturated heterocycles. The number of carboxylic acids is 4. The van der Waals surface area contributed by atoms with E-state index in [9.17, 15) is 49.2 Å². The van der Waals surface area contributed by atoms with Crippen molar-refractivity contribution in [2.24, 2.45) is 0 Å². The molecule has 6 N–H and O–H groups in total. The van der Waals surface area contributed by atoms with Crippen LogP contribution in [0, 0.1) is 41.5 Å². The van der Waals surface area contributed by atoms with Gasteiger partial charge in [-0.3, -0.25) is 9.59 Å². The Labute approximate surface area is 378 Å². The molecule has 13 heteroatoms. The Morgan fingerprint density at radius 1 is 0.354 bits per heavy atom. The maximum absolute atomic E-state index is 12.0. The SMILES string of the molecule is CC.CO.CO.Cc1cc(-c2cc(C=O)cc(C(=O)O)c2)cc(C)c1B(c1c(C)cc(-c2cc(C=O)cc(C(=O)O)c2)cc1C)c1c(C)cc(-c2cc(C(=O)O)cc(C(=O)O)c2)cc1C. The summed E-state index contributed by atoms with van der Waals surface area (Å²) in [5.74, 6) is -4.82. The smallest absolute Gasteiger partial charge is 0.335 e. The third-order valence-electron chi connectivity index (χ3n) is 10.8. The fraction of sp³-hybridized carbons (Fsp3) is 0.192. The minimum absolute atomic E-state index is 0.0157. The summed E-state index contributed by atoms with van der Waals surface area (Å²) in [7, 11) is 2.00. The number of carbonyl (C=O) groups excluding carboxylic acids is 2. The van der Waals surface area contributed by atoms with Gasteiger partial charge in [0.2, 0.25) is 6.71 Å². The zero-order valence-electron chi connectivity index (χ0n) is 38.0. The summed E-state index contributed by atoms with van der Waals surface area (Å²) in [4.78, 5) is 71.5. The minimum atomic E-state index is -1.25. The van der Waals surface area contributed by atoms with Crippen LogP contribution in [0.2, 0.25) is 0 Å². The maximum Gasteiger partial charge on any atom is 0.335 e. The Bertz CT molecular complexity index is 2580. The molecule has 0 spiro atoms. The van der Waals surface area contributed by atoms with Crippen molar-refractivity contribution in [3.05, 3.63) is 158 Å². The van der Waals surface area contributed by atoms with Crippen LogP contribution < -0.4 is 16.4 Å². The number of aliphatic hydroxyl groups is 2. The monoisotopic (exact) mass is 880 g/mol. The molecule has 0 heterocycles. The second kappa shape index (κ2) is 22.7. The quantitative estimate of drug-likeness (QED) is 0.0514. The van der Waals surface area contributed by atoms with Crippen LogP contribution in [0.1, 0.15) is 109 Å². The zero-order chi connectivity index (χ0) is 49.0. The van der Waals surface area contributed by atoms with Gasteiger partial charge in [0, 0.05) is 25.3 Å². The summed E-state index contributed by atoms with van der Waals surface area (Å²) >= 11 is 0. The Hall–Kier alpha value is -7.48. The first-order valence-corrected chi connectivity index (χ1v) is 20.4. The lowest BCUT2D eigenvalue weighted by atomic mass is 9.33. The molecule has 0 aliphatic carbocycles. The van der Waals surface area contributed by atoms with Gasteiger partial charge >= 0.3 is 23.9 Å². The van der Waals surface area contributed by atoms with Gasteiger partial charge < -0.3 is 30.6 Å². The van der Waals surface area contributed by atoms with Crippen LogP contribution in [-0.4, -0.2) is 88.0 Å². The number of hydrogen-bond acceptors (Lipinski definition) is 8. The molecule has 12 nitrogen and oxygen atoms in total. The fourth-order valence-corrected chi connectivity index (χ4v) is 8.28. The van der Waals surface area contributed by atoms with Gasteiger partial charge in [0.25, 0.3) is 0 Å². The van der Waals surface area contributed by atoms with Gasteiger partial charge in [-0.05, 0) is 130 Å². The van der Waals surface area contributed by atoms with E-state index in [0.717, 1.165) is 81.2 Å². The molecule has 0 aliphatic heterocycles. The molecule has 0 atom stereocenters. The van der Waals surface area contributed by atoms with Crippen molar-refractivity contribution in [3.8, 4) is 33.4 Å². The summed E-state index contributed by atoms with van der Waals surface area (Å²) in [6.45, 7) is 15.4. The molecular formula is C52H53BO12. The number of carbonyl (C=O) groups is 6. The number of benzene rings is 6. The predicted octanol–water partition coefficient (Wildman–Crippen LogP) is 7.72. The Kier molecular flexibility index (Phi) is 18.2. The molecule has 0 unspecified atom stereocenters. The first kappa shape index (κ1) is 51.9. The van der Waals surface area contributed by atoms with Crippen LogP contribution in [0.25, 0.3) is 33.4 Å². The van der Waals surface area contributed by atoms with E-state index in [1.807, 2.05) is 91.8 Å². The lowest BCUT2D eigenvalue weighted by Gasteiger charge is -2.28. The molecule has 6 aromatic carbocycles. The number of carboxylic acid groups (broad SMARTS) is 4.